The fourth-order valence-corrected chi connectivity index (χ4v) is 4.62. The van der Waals surface area contributed by atoms with Crippen molar-refractivity contribution in [3.05, 3.63) is 22.7 Å². The standard InChI is InChI=1S/C21H40N4O4Si/c1-15-17(27-14-10-8-7-9-12-22)18(29-30(5,6)21(2,3)4)19(28-15)25-13-11-16(23)24-20(25)26/h11,13,15,17-19H,7-10,12,14,22H2,1-6H3,(H2,23,24,26)/t15-,17?,18+,19-/m1/s1. The molecule has 172 valence electrons. The summed E-state index contributed by atoms with van der Waals surface area (Å²) in [4.78, 5) is 16.4. The topological polar surface area (TPSA) is 115 Å². The molecule has 1 unspecified atom stereocenters. The Kier molecular flexibility index (Phi) is 8.64. The highest BCUT2D eigenvalue weighted by Crippen LogP contribution is 2.42. The second-order valence-electron chi connectivity index (χ2n) is 9.66. The van der Waals surface area contributed by atoms with Crippen molar-refractivity contribution in [3.8, 4) is 0 Å². The first kappa shape index (κ1) is 25.0. The number of rotatable bonds is 10. The zero-order valence-corrected chi connectivity index (χ0v) is 20.4. The number of hydrogen-bond donors (Lipinski definition) is 2. The molecule has 8 nitrogen and oxygen atoms in total. The Hall–Kier alpha value is -1.26. The number of nitrogen functional groups attached to an aromatic ring is 1. The van der Waals surface area contributed by atoms with Crippen molar-refractivity contribution < 1.29 is 13.9 Å². The number of hydrogen-bond acceptors (Lipinski definition) is 7. The molecule has 2 rings (SSSR count). The Balaban J connectivity index is 2.23. The van der Waals surface area contributed by atoms with Gasteiger partial charge in [0.2, 0.25) is 0 Å². The quantitative estimate of drug-likeness (QED) is 0.424. The van der Waals surface area contributed by atoms with Crippen LogP contribution in [0.15, 0.2) is 17.1 Å². The van der Waals surface area contributed by atoms with Gasteiger partial charge in [-0.3, -0.25) is 4.57 Å². The van der Waals surface area contributed by atoms with Crippen molar-refractivity contribution in [2.75, 3.05) is 18.9 Å². The maximum Gasteiger partial charge on any atom is 0.351 e. The largest absolute Gasteiger partial charge is 0.407 e. The van der Waals surface area contributed by atoms with E-state index in [1.165, 1.54) is 4.57 Å². The predicted molar refractivity (Wildman–Crippen MR) is 122 cm³/mol. The Bertz CT molecular complexity index is 734. The zero-order chi connectivity index (χ0) is 22.5. The molecule has 0 aromatic carbocycles. The monoisotopic (exact) mass is 440 g/mol. The van der Waals surface area contributed by atoms with Crippen LogP contribution in [-0.4, -0.2) is 49.3 Å². The highest BCUT2D eigenvalue weighted by atomic mass is 28.4. The molecule has 1 aromatic heterocycles. The van der Waals surface area contributed by atoms with E-state index in [2.05, 4.69) is 38.8 Å². The molecule has 1 saturated heterocycles. The van der Waals surface area contributed by atoms with E-state index in [0.717, 1.165) is 32.2 Å². The van der Waals surface area contributed by atoms with Crippen molar-refractivity contribution in [1.29, 1.82) is 0 Å². The molecule has 30 heavy (non-hydrogen) atoms. The van der Waals surface area contributed by atoms with E-state index in [1.807, 2.05) is 6.92 Å². The average molecular weight is 441 g/mol. The Morgan fingerprint density at radius 3 is 2.47 bits per heavy atom. The lowest BCUT2D eigenvalue weighted by molar-refractivity contribution is -0.0311. The Morgan fingerprint density at radius 2 is 1.87 bits per heavy atom. The van der Waals surface area contributed by atoms with Crippen molar-refractivity contribution in [1.82, 2.24) is 9.55 Å². The average Bonchev–Trinajstić information content (AvgIpc) is 2.92. The fourth-order valence-electron chi connectivity index (χ4n) is 3.34. The lowest BCUT2D eigenvalue weighted by Crippen LogP contribution is -2.49. The van der Waals surface area contributed by atoms with Crippen molar-refractivity contribution in [2.24, 2.45) is 5.73 Å². The summed E-state index contributed by atoms with van der Waals surface area (Å²) in [6, 6.07) is 1.60. The third kappa shape index (κ3) is 6.13. The van der Waals surface area contributed by atoms with Gasteiger partial charge in [-0.1, -0.05) is 33.6 Å². The number of aromatic nitrogens is 2. The van der Waals surface area contributed by atoms with Gasteiger partial charge >= 0.3 is 5.69 Å². The minimum atomic E-state index is -2.14. The van der Waals surface area contributed by atoms with Crippen LogP contribution in [0.3, 0.4) is 0 Å². The number of unbranched alkanes of at least 4 members (excludes halogenated alkanes) is 3. The summed E-state index contributed by atoms with van der Waals surface area (Å²) in [6.45, 7) is 14.3. The number of ether oxygens (including phenoxy) is 2. The minimum Gasteiger partial charge on any atom is -0.407 e. The number of nitrogens with zero attached hydrogens (tertiary/aromatic N) is 2. The molecule has 4 N–H and O–H groups in total. The van der Waals surface area contributed by atoms with Gasteiger partial charge < -0.3 is 25.4 Å². The summed E-state index contributed by atoms with van der Waals surface area (Å²) in [7, 11) is -2.14. The molecular formula is C21H40N4O4Si. The van der Waals surface area contributed by atoms with Crippen LogP contribution in [0.1, 0.15) is 59.6 Å². The van der Waals surface area contributed by atoms with Crippen LogP contribution in [0.2, 0.25) is 18.1 Å². The smallest absolute Gasteiger partial charge is 0.351 e. The van der Waals surface area contributed by atoms with Crippen LogP contribution >= 0.6 is 0 Å². The summed E-state index contributed by atoms with van der Waals surface area (Å²) in [6.07, 6.45) is 4.34. The Labute approximate surface area is 181 Å². The van der Waals surface area contributed by atoms with Crippen LogP contribution in [0.25, 0.3) is 0 Å². The van der Waals surface area contributed by atoms with Gasteiger partial charge in [0.25, 0.3) is 0 Å². The van der Waals surface area contributed by atoms with Gasteiger partial charge in [-0.2, -0.15) is 4.98 Å². The molecule has 4 atom stereocenters. The normalized spacial score (nSPS) is 25.0. The summed E-state index contributed by atoms with van der Waals surface area (Å²) in [5.41, 5.74) is 10.8. The van der Waals surface area contributed by atoms with Crippen molar-refractivity contribution in [2.45, 2.75) is 96.1 Å². The van der Waals surface area contributed by atoms with Crippen LogP contribution in [0, 0.1) is 0 Å². The zero-order valence-electron chi connectivity index (χ0n) is 19.4. The summed E-state index contributed by atoms with van der Waals surface area (Å²) < 4.78 is 20.7. The first-order chi connectivity index (χ1) is 14.0. The van der Waals surface area contributed by atoms with Gasteiger partial charge in [-0.25, -0.2) is 4.79 Å². The maximum atomic E-state index is 12.5. The molecule has 1 aliphatic heterocycles. The van der Waals surface area contributed by atoms with Crippen LogP contribution < -0.4 is 17.2 Å². The SMILES string of the molecule is C[C@H]1O[C@@H](n2ccc(N)nc2=O)[C@@H](O[Si](C)(C)C(C)(C)C)C1OCCCCCCN. The van der Waals surface area contributed by atoms with Gasteiger partial charge in [0.15, 0.2) is 14.5 Å². The van der Waals surface area contributed by atoms with Gasteiger partial charge in [0, 0.05) is 12.8 Å². The van der Waals surface area contributed by atoms with E-state index in [9.17, 15) is 4.79 Å². The van der Waals surface area contributed by atoms with Crippen molar-refractivity contribution >= 4 is 14.1 Å². The molecule has 9 heteroatoms. The van der Waals surface area contributed by atoms with E-state index >= 15 is 0 Å². The predicted octanol–water partition coefficient (Wildman–Crippen LogP) is 3.04. The molecule has 0 aliphatic carbocycles. The molecule has 2 heterocycles. The van der Waals surface area contributed by atoms with Gasteiger partial charge in [0.05, 0.1) is 6.10 Å². The van der Waals surface area contributed by atoms with Gasteiger partial charge in [-0.05, 0) is 50.5 Å². The first-order valence-corrected chi connectivity index (χ1v) is 13.9. The fraction of sp³-hybridized carbons (Fsp3) is 0.810. The number of nitrogens with two attached hydrogens (primary N) is 2. The van der Waals surface area contributed by atoms with E-state index in [-0.39, 0.29) is 23.1 Å². The molecule has 0 radical (unpaired) electrons. The maximum absolute atomic E-state index is 12.5. The van der Waals surface area contributed by atoms with Gasteiger partial charge in [0.1, 0.15) is 18.0 Å². The van der Waals surface area contributed by atoms with Gasteiger partial charge in [-0.15, -0.1) is 0 Å². The van der Waals surface area contributed by atoms with Crippen LogP contribution in [0.4, 0.5) is 5.82 Å². The molecule has 0 spiro atoms. The molecule has 1 aliphatic rings. The lowest BCUT2D eigenvalue weighted by atomic mass is 10.1. The summed E-state index contributed by atoms with van der Waals surface area (Å²) in [5.74, 6) is 0.189. The van der Waals surface area contributed by atoms with Crippen LogP contribution in [-0.2, 0) is 13.9 Å². The molecule has 0 bridgehead atoms. The molecule has 0 saturated carbocycles. The third-order valence-electron chi connectivity index (χ3n) is 6.19. The number of anilines is 1. The molecule has 1 aromatic rings. The highest BCUT2D eigenvalue weighted by molar-refractivity contribution is 6.74. The molecule has 0 amide bonds. The van der Waals surface area contributed by atoms with E-state index in [0.29, 0.717) is 6.61 Å². The van der Waals surface area contributed by atoms with Crippen molar-refractivity contribution in [3.63, 3.8) is 0 Å². The highest BCUT2D eigenvalue weighted by Gasteiger charge is 2.50. The summed E-state index contributed by atoms with van der Waals surface area (Å²) in [5, 5.41) is 0.0144. The first-order valence-electron chi connectivity index (χ1n) is 11.0. The van der Waals surface area contributed by atoms with E-state index in [4.69, 9.17) is 25.4 Å². The van der Waals surface area contributed by atoms with E-state index in [1.54, 1.807) is 12.3 Å². The van der Waals surface area contributed by atoms with E-state index < -0.39 is 26.3 Å². The molecular weight excluding hydrogens is 400 g/mol. The lowest BCUT2D eigenvalue weighted by Gasteiger charge is -2.40. The minimum absolute atomic E-state index is 0.0144. The summed E-state index contributed by atoms with van der Waals surface area (Å²) >= 11 is 0. The molecule has 1 fully saturated rings. The second-order valence-corrected chi connectivity index (χ2v) is 14.4. The Morgan fingerprint density at radius 1 is 1.20 bits per heavy atom. The van der Waals surface area contributed by atoms with Crippen LogP contribution in [0.5, 0.6) is 0 Å². The second kappa shape index (κ2) is 10.4. The third-order valence-corrected chi connectivity index (χ3v) is 10.7.